The molecule has 6 nitrogen and oxygen atoms in total. The summed E-state index contributed by atoms with van der Waals surface area (Å²) in [6.45, 7) is 2.69. The Morgan fingerprint density at radius 3 is 2.73 bits per heavy atom. The number of amides is 2. The van der Waals surface area contributed by atoms with Crippen molar-refractivity contribution < 1.29 is 18.0 Å². The summed E-state index contributed by atoms with van der Waals surface area (Å²) in [4.78, 5) is 27.4. The van der Waals surface area contributed by atoms with Crippen LogP contribution in [-0.2, 0) is 32.4 Å². The van der Waals surface area contributed by atoms with Gasteiger partial charge in [-0.25, -0.2) is 8.42 Å². The van der Waals surface area contributed by atoms with Gasteiger partial charge in [0.1, 0.15) is 0 Å². The van der Waals surface area contributed by atoms with E-state index in [-0.39, 0.29) is 23.1 Å². The van der Waals surface area contributed by atoms with Crippen LogP contribution in [0.25, 0.3) is 0 Å². The maximum Gasteiger partial charge on any atom is 0.225 e. The van der Waals surface area contributed by atoms with E-state index in [0.717, 1.165) is 16.9 Å². The maximum absolute atomic E-state index is 13.1. The first-order valence-electron chi connectivity index (χ1n) is 10.00. The third-order valence-corrected chi connectivity index (χ3v) is 8.83. The van der Waals surface area contributed by atoms with E-state index < -0.39 is 15.1 Å². The number of carbonyl (C=O) groups excluding carboxylic acids is 2. The lowest BCUT2D eigenvalue weighted by Gasteiger charge is -2.29. The summed E-state index contributed by atoms with van der Waals surface area (Å²) in [5.74, 6) is 0.387. The Bertz CT molecular complexity index is 1100. The Morgan fingerprint density at radius 2 is 1.93 bits per heavy atom. The van der Waals surface area contributed by atoms with Gasteiger partial charge < -0.3 is 10.2 Å². The number of benzene rings is 2. The molecule has 158 valence electrons. The van der Waals surface area contributed by atoms with E-state index in [4.69, 9.17) is 0 Å². The first-order valence-corrected chi connectivity index (χ1v) is 12.5. The molecule has 0 saturated heterocycles. The molecule has 2 heterocycles. The van der Waals surface area contributed by atoms with Crippen LogP contribution in [0.15, 0.2) is 52.3 Å². The zero-order valence-corrected chi connectivity index (χ0v) is 18.4. The quantitative estimate of drug-likeness (QED) is 0.783. The highest BCUT2D eigenvalue weighted by Gasteiger charge is 2.30. The van der Waals surface area contributed by atoms with Gasteiger partial charge in [0.2, 0.25) is 11.8 Å². The fraction of sp³-hybridized carbons (Fsp3) is 0.364. The molecule has 2 aromatic carbocycles. The zero-order chi connectivity index (χ0) is 21.3. The van der Waals surface area contributed by atoms with E-state index in [1.165, 1.54) is 23.4 Å². The van der Waals surface area contributed by atoms with Crippen molar-refractivity contribution in [3.8, 4) is 0 Å². The van der Waals surface area contributed by atoms with Gasteiger partial charge in [0.25, 0.3) is 0 Å². The number of nitrogens with zero attached hydrogens (tertiary/aromatic N) is 1. The second-order valence-electron chi connectivity index (χ2n) is 7.70. The second kappa shape index (κ2) is 8.43. The van der Waals surface area contributed by atoms with Crippen LogP contribution in [0.2, 0.25) is 0 Å². The normalized spacial score (nSPS) is 17.4. The molecule has 1 N–H and O–H groups in total. The van der Waals surface area contributed by atoms with Gasteiger partial charge in [-0.3, -0.25) is 9.59 Å². The van der Waals surface area contributed by atoms with Gasteiger partial charge in [-0.2, -0.15) is 0 Å². The molecule has 2 aliphatic heterocycles. The average molecular weight is 445 g/mol. The standard InChI is InChI=1S/C22H24N2O4S2/c1-15(12-22(26)24-10-8-16-4-2-3-5-17(16)14-24)30(27,28)18-6-7-20-19(13-18)23-21(25)9-11-29-20/h2-7,13,15H,8-12,14H2,1H3,(H,23,25)/t15-/m1/s1. The number of carbonyl (C=O) groups is 2. The third-order valence-electron chi connectivity index (χ3n) is 5.62. The number of thioether (sulfide) groups is 1. The number of rotatable bonds is 4. The van der Waals surface area contributed by atoms with Crippen LogP contribution in [0.1, 0.15) is 30.9 Å². The fourth-order valence-corrected chi connectivity index (χ4v) is 6.11. The molecule has 2 aromatic rings. The Labute approximate surface area is 181 Å². The number of hydrogen-bond acceptors (Lipinski definition) is 5. The molecule has 0 radical (unpaired) electrons. The summed E-state index contributed by atoms with van der Waals surface area (Å²) < 4.78 is 26.2. The van der Waals surface area contributed by atoms with Crippen molar-refractivity contribution in [1.82, 2.24) is 4.90 Å². The van der Waals surface area contributed by atoms with Gasteiger partial charge in [0, 0.05) is 36.6 Å². The monoisotopic (exact) mass is 444 g/mol. The van der Waals surface area contributed by atoms with Crippen molar-refractivity contribution in [2.24, 2.45) is 0 Å². The zero-order valence-electron chi connectivity index (χ0n) is 16.8. The predicted octanol–water partition coefficient (Wildman–Crippen LogP) is 3.26. The third kappa shape index (κ3) is 4.25. The Morgan fingerprint density at radius 1 is 1.17 bits per heavy atom. The van der Waals surface area contributed by atoms with Crippen LogP contribution in [0.3, 0.4) is 0 Å². The van der Waals surface area contributed by atoms with Crippen LogP contribution >= 0.6 is 11.8 Å². The summed E-state index contributed by atoms with van der Waals surface area (Å²) in [6, 6.07) is 12.8. The topological polar surface area (TPSA) is 83.6 Å². The molecule has 2 amide bonds. The van der Waals surface area contributed by atoms with Crippen LogP contribution in [0, 0.1) is 0 Å². The lowest BCUT2D eigenvalue weighted by Crippen LogP contribution is -2.38. The highest BCUT2D eigenvalue weighted by Crippen LogP contribution is 2.34. The largest absolute Gasteiger partial charge is 0.338 e. The number of hydrogen-bond donors (Lipinski definition) is 1. The van der Waals surface area contributed by atoms with Crippen molar-refractivity contribution in [3.05, 3.63) is 53.6 Å². The minimum atomic E-state index is -3.70. The molecule has 0 spiro atoms. The highest BCUT2D eigenvalue weighted by molar-refractivity contribution is 7.99. The van der Waals surface area contributed by atoms with E-state index in [1.807, 2.05) is 18.2 Å². The van der Waals surface area contributed by atoms with Crippen molar-refractivity contribution in [2.45, 2.75) is 47.8 Å². The van der Waals surface area contributed by atoms with Crippen molar-refractivity contribution in [1.29, 1.82) is 0 Å². The van der Waals surface area contributed by atoms with Gasteiger partial charge in [-0.15, -0.1) is 11.8 Å². The Hall–Kier alpha value is -2.32. The molecule has 30 heavy (non-hydrogen) atoms. The number of nitrogens with one attached hydrogen (secondary N) is 1. The minimum absolute atomic E-state index is 0.0668. The van der Waals surface area contributed by atoms with Gasteiger partial charge in [0.15, 0.2) is 9.84 Å². The lowest BCUT2D eigenvalue weighted by atomic mass is 10.00. The van der Waals surface area contributed by atoms with Gasteiger partial charge in [-0.1, -0.05) is 24.3 Å². The highest BCUT2D eigenvalue weighted by atomic mass is 32.2. The van der Waals surface area contributed by atoms with Gasteiger partial charge >= 0.3 is 0 Å². The summed E-state index contributed by atoms with van der Waals surface area (Å²) >= 11 is 1.53. The van der Waals surface area contributed by atoms with E-state index in [0.29, 0.717) is 31.0 Å². The smallest absolute Gasteiger partial charge is 0.225 e. The van der Waals surface area contributed by atoms with Gasteiger partial charge in [-0.05, 0) is 42.7 Å². The molecule has 0 saturated carbocycles. The Balaban J connectivity index is 1.48. The summed E-state index contributed by atoms with van der Waals surface area (Å²) in [7, 11) is -3.70. The van der Waals surface area contributed by atoms with E-state index in [1.54, 1.807) is 24.0 Å². The van der Waals surface area contributed by atoms with Gasteiger partial charge in [0.05, 0.1) is 15.8 Å². The van der Waals surface area contributed by atoms with Crippen molar-refractivity contribution in [2.75, 3.05) is 17.6 Å². The molecule has 4 rings (SSSR count). The molecule has 1 atom stereocenters. The molecule has 0 unspecified atom stereocenters. The summed E-state index contributed by atoms with van der Waals surface area (Å²) in [6.07, 6.45) is 1.11. The van der Waals surface area contributed by atoms with E-state index in [2.05, 4.69) is 11.4 Å². The number of fused-ring (bicyclic) bond motifs is 2. The van der Waals surface area contributed by atoms with Crippen LogP contribution in [0.5, 0.6) is 0 Å². The first-order chi connectivity index (χ1) is 14.3. The molecular formula is C22H24N2O4S2. The van der Waals surface area contributed by atoms with E-state index in [9.17, 15) is 18.0 Å². The summed E-state index contributed by atoms with van der Waals surface area (Å²) in [5.41, 5.74) is 2.88. The van der Waals surface area contributed by atoms with Crippen LogP contribution in [-0.4, -0.2) is 42.7 Å². The molecule has 0 aliphatic carbocycles. The molecule has 0 fully saturated rings. The molecular weight excluding hydrogens is 420 g/mol. The predicted molar refractivity (Wildman–Crippen MR) is 117 cm³/mol. The van der Waals surface area contributed by atoms with Crippen molar-refractivity contribution in [3.63, 3.8) is 0 Å². The molecule has 0 bridgehead atoms. The molecule has 0 aromatic heterocycles. The fourth-order valence-electron chi connectivity index (χ4n) is 3.80. The summed E-state index contributed by atoms with van der Waals surface area (Å²) in [5, 5.41) is 1.92. The first kappa shape index (κ1) is 20.9. The minimum Gasteiger partial charge on any atom is -0.338 e. The Kier molecular flexibility index (Phi) is 5.88. The average Bonchev–Trinajstić information content (AvgIpc) is 2.93. The van der Waals surface area contributed by atoms with Crippen LogP contribution in [0.4, 0.5) is 5.69 Å². The lowest BCUT2D eigenvalue weighted by molar-refractivity contribution is -0.132. The molecule has 8 heteroatoms. The second-order valence-corrected chi connectivity index (χ2v) is 11.2. The maximum atomic E-state index is 13.1. The van der Waals surface area contributed by atoms with Crippen LogP contribution < -0.4 is 5.32 Å². The number of anilines is 1. The molecule has 2 aliphatic rings. The van der Waals surface area contributed by atoms with E-state index >= 15 is 0 Å². The van der Waals surface area contributed by atoms with Crippen molar-refractivity contribution >= 4 is 39.1 Å². The SMILES string of the molecule is C[C@H](CC(=O)N1CCc2ccccc2C1)S(=O)(=O)c1ccc2c(c1)NC(=O)CCS2. The number of sulfone groups is 1.